The first-order valence-corrected chi connectivity index (χ1v) is 6.29. The van der Waals surface area contributed by atoms with Crippen molar-refractivity contribution in [2.75, 3.05) is 0 Å². The van der Waals surface area contributed by atoms with Crippen LogP contribution in [0.15, 0.2) is 18.5 Å². The molecule has 1 aromatic rings. The molecule has 0 aliphatic carbocycles. The maximum atomic E-state index is 13.2. The number of aromatic nitrogens is 1. The first-order chi connectivity index (χ1) is 8.22. The van der Waals surface area contributed by atoms with Gasteiger partial charge in [-0.3, -0.25) is 16.3 Å². The topological polar surface area (TPSA) is 50.9 Å². The van der Waals surface area contributed by atoms with Gasteiger partial charge in [0.25, 0.3) is 0 Å². The van der Waals surface area contributed by atoms with Crippen LogP contribution in [-0.4, -0.2) is 4.98 Å². The summed E-state index contributed by atoms with van der Waals surface area (Å²) >= 11 is 0. The molecule has 3 N–H and O–H groups in total. The number of pyridine rings is 1. The van der Waals surface area contributed by atoms with Crippen molar-refractivity contribution in [3.8, 4) is 0 Å². The van der Waals surface area contributed by atoms with Gasteiger partial charge in [-0.15, -0.1) is 0 Å². The number of hydrogen-bond donors (Lipinski definition) is 2. The molecule has 1 atom stereocenters. The van der Waals surface area contributed by atoms with Gasteiger partial charge in [-0.25, -0.2) is 4.39 Å². The zero-order chi connectivity index (χ0) is 12.7. The van der Waals surface area contributed by atoms with E-state index in [0.29, 0.717) is 5.92 Å². The number of hydrogen-bond acceptors (Lipinski definition) is 3. The second-order valence-electron chi connectivity index (χ2n) is 4.42. The fourth-order valence-electron chi connectivity index (χ4n) is 2.32. The molecule has 3 nitrogen and oxygen atoms in total. The first kappa shape index (κ1) is 14.1. The molecular formula is C13H22FN3. The molecule has 0 aliphatic heterocycles. The number of hydrazine groups is 1. The summed E-state index contributed by atoms with van der Waals surface area (Å²) in [7, 11) is 0. The van der Waals surface area contributed by atoms with Crippen LogP contribution in [0.5, 0.6) is 0 Å². The van der Waals surface area contributed by atoms with E-state index in [9.17, 15) is 4.39 Å². The normalized spacial score (nSPS) is 13.0. The van der Waals surface area contributed by atoms with Gasteiger partial charge < -0.3 is 0 Å². The van der Waals surface area contributed by atoms with Crippen molar-refractivity contribution in [1.82, 2.24) is 10.4 Å². The quantitative estimate of drug-likeness (QED) is 0.568. The molecule has 0 amide bonds. The van der Waals surface area contributed by atoms with E-state index in [4.69, 9.17) is 5.84 Å². The largest absolute Gasteiger partial charge is 0.271 e. The zero-order valence-electron chi connectivity index (χ0n) is 10.6. The third-order valence-corrected chi connectivity index (χ3v) is 3.06. The third kappa shape index (κ3) is 4.06. The van der Waals surface area contributed by atoms with Crippen LogP contribution in [0.4, 0.5) is 4.39 Å². The van der Waals surface area contributed by atoms with Crippen molar-refractivity contribution < 1.29 is 4.39 Å². The molecule has 4 heteroatoms. The van der Waals surface area contributed by atoms with Crippen LogP contribution in [0.1, 0.15) is 51.1 Å². The number of rotatable bonds is 7. The lowest BCUT2D eigenvalue weighted by atomic mass is 9.87. The molecule has 0 spiro atoms. The van der Waals surface area contributed by atoms with Gasteiger partial charge >= 0.3 is 0 Å². The van der Waals surface area contributed by atoms with Crippen LogP contribution < -0.4 is 11.3 Å². The van der Waals surface area contributed by atoms with Gasteiger partial charge in [-0.1, -0.05) is 26.7 Å². The molecule has 17 heavy (non-hydrogen) atoms. The van der Waals surface area contributed by atoms with Crippen LogP contribution >= 0.6 is 0 Å². The lowest BCUT2D eigenvalue weighted by Gasteiger charge is -2.26. The average molecular weight is 239 g/mol. The zero-order valence-corrected chi connectivity index (χ0v) is 10.6. The third-order valence-electron chi connectivity index (χ3n) is 3.06. The Morgan fingerprint density at radius 3 is 2.41 bits per heavy atom. The predicted octanol–water partition coefficient (Wildman–Crippen LogP) is 2.94. The van der Waals surface area contributed by atoms with E-state index in [1.54, 1.807) is 6.20 Å². The highest BCUT2D eigenvalue weighted by Crippen LogP contribution is 2.28. The summed E-state index contributed by atoms with van der Waals surface area (Å²) in [6.07, 6.45) is 7.27. The van der Waals surface area contributed by atoms with Gasteiger partial charge in [-0.2, -0.15) is 0 Å². The molecule has 1 rings (SSSR count). The van der Waals surface area contributed by atoms with Crippen LogP contribution in [0.3, 0.4) is 0 Å². The van der Waals surface area contributed by atoms with Crippen LogP contribution in [0.25, 0.3) is 0 Å². The van der Waals surface area contributed by atoms with E-state index in [1.807, 2.05) is 0 Å². The van der Waals surface area contributed by atoms with Crippen molar-refractivity contribution >= 4 is 0 Å². The molecule has 1 heterocycles. The fraction of sp³-hybridized carbons (Fsp3) is 0.615. The van der Waals surface area contributed by atoms with Gasteiger partial charge in [0.1, 0.15) is 5.82 Å². The van der Waals surface area contributed by atoms with Crippen LogP contribution in [0, 0.1) is 11.7 Å². The molecule has 1 unspecified atom stereocenters. The molecule has 1 aromatic heterocycles. The number of halogens is 1. The van der Waals surface area contributed by atoms with Gasteiger partial charge in [-0.05, 0) is 30.4 Å². The Balaban J connectivity index is 2.87. The smallest absolute Gasteiger partial charge is 0.141 e. The van der Waals surface area contributed by atoms with E-state index < -0.39 is 0 Å². The highest BCUT2D eigenvalue weighted by Gasteiger charge is 2.21. The molecule has 0 saturated carbocycles. The van der Waals surface area contributed by atoms with Crippen molar-refractivity contribution in [3.63, 3.8) is 0 Å². The van der Waals surface area contributed by atoms with Crippen LogP contribution in [-0.2, 0) is 0 Å². The Kier molecular flexibility index (Phi) is 6.08. The number of nitrogens with zero attached hydrogens (tertiary/aromatic N) is 1. The fourth-order valence-corrected chi connectivity index (χ4v) is 2.32. The molecule has 0 aromatic carbocycles. The summed E-state index contributed by atoms with van der Waals surface area (Å²) < 4.78 is 13.2. The van der Waals surface area contributed by atoms with Gasteiger partial charge in [0, 0.05) is 6.20 Å². The summed E-state index contributed by atoms with van der Waals surface area (Å²) in [6.45, 7) is 4.31. The Labute approximate surface area is 103 Å². The summed E-state index contributed by atoms with van der Waals surface area (Å²) in [5.74, 6) is 5.73. The van der Waals surface area contributed by atoms with Crippen molar-refractivity contribution in [3.05, 3.63) is 29.8 Å². The monoisotopic (exact) mass is 239 g/mol. The molecule has 0 radical (unpaired) electrons. The van der Waals surface area contributed by atoms with Gasteiger partial charge in [0.05, 0.1) is 12.2 Å². The lowest BCUT2D eigenvalue weighted by Crippen LogP contribution is -2.33. The number of nitrogens with one attached hydrogen (secondary N) is 1. The van der Waals surface area contributed by atoms with Crippen molar-refractivity contribution in [1.29, 1.82) is 0 Å². The molecule has 0 saturated heterocycles. The van der Waals surface area contributed by atoms with Crippen molar-refractivity contribution in [2.24, 2.45) is 11.8 Å². The maximum absolute atomic E-state index is 13.2. The highest BCUT2D eigenvalue weighted by atomic mass is 19.1. The Morgan fingerprint density at radius 2 is 1.94 bits per heavy atom. The SMILES string of the molecule is CCCC(CCC)C(NN)c1cncc(F)c1. The average Bonchev–Trinajstić information content (AvgIpc) is 2.31. The standard InChI is InChI=1S/C13H22FN3/c1-3-5-10(6-4-2)13(17-15)11-7-12(14)9-16-8-11/h7-10,13,17H,3-6,15H2,1-2H3. The minimum Gasteiger partial charge on any atom is -0.271 e. The molecular weight excluding hydrogens is 217 g/mol. The van der Waals surface area contributed by atoms with E-state index >= 15 is 0 Å². The van der Waals surface area contributed by atoms with E-state index in [1.165, 1.54) is 12.3 Å². The Bertz CT molecular complexity index is 324. The summed E-state index contributed by atoms with van der Waals surface area (Å²) in [5, 5.41) is 0. The highest BCUT2D eigenvalue weighted by molar-refractivity contribution is 5.15. The van der Waals surface area contributed by atoms with Crippen molar-refractivity contribution in [2.45, 2.75) is 45.6 Å². The van der Waals surface area contributed by atoms with Gasteiger partial charge in [0.2, 0.25) is 0 Å². The Hall–Kier alpha value is -1.00. The second-order valence-corrected chi connectivity index (χ2v) is 4.42. The number of nitrogens with two attached hydrogens (primary N) is 1. The summed E-state index contributed by atoms with van der Waals surface area (Å²) in [5.41, 5.74) is 3.64. The molecule has 96 valence electrons. The van der Waals surface area contributed by atoms with E-state index in [-0.39, 0.29) is 11.9 Å². The summed E-state index contributed by atoms with van der Waals surface area (Å²) in [6, 6.07) is 1.49. The minimum atomic E-state index is -0.311. The summed E-state index contributed by atoms with van der Waals surface area (Å²) in [4.78, 5) is 3.89. The van der Waals surface area contributed by atoms with Crippen LogP contribution in [0.2, 0.25) is 0 Å². The molecule has 0 fully saturated rings. The first-order valence-electron chi connectivity index (χ1n) is 6.29. The lowest BCUT2D eigenvalue weighted by molar-refractivity contribution is 0.318. The molecule has 0 bridgehead atoms. The van der Waals surface area contributed by atoms with E-state index in [2.05, 4.69) is 24.3 Å². The van der Waals surface area contributed by atoms with Gasteiger partial charge in [0.15, 0.2) is 0 Å². The second kappa shape index (κ2) is 7.35. The predicted molar refractivity (Wildman–Crippen MR) is 67.6 cm³/mol. The van der Waals surface area contributed by atoms with E-state index in [0.717, 1.165) is 31.2 Å². The minimum absolute atomic E-state index is 0.0156. The maximum Gasteiger partial charge on any atom is 0.141 e. The Morgan fingerprint density at radius 1 is 1.29 bits per heavy atom. The molecule has 0 aliphatic rings.